The van der Waals surface area contributed by atoms with Gasteiger partial charge < -0.3 is 20.3 Å². The fourth-order valence-corrected chi connectivity index (χ4v) is 3.82. The number of H-pyrrole nitrogens is 1. The van der Waals surface area contributed by atoms with Crippen molar-refractivity contribution in [1.82, 2.24) is 20.5 Å². The molecular weight excluding hydrogens is 300 g/mol. The Morgan fingerprint density at radius 1 is 1.33 bits per heavy atom. The highest BCUT2D eigenvalue weighted by Gasteiger charge is 2.29. The molecule has 0 amide bonds. The van der Waals surface area contributed by atoms with Gasteiger partial charge in [-0.15, -0.1) is 0 Å². The van der Waals surface area contributed by atoms with Gasteiger partial charge in [-0.1, -0.05) is 19.8 Å². The molecule has 3 heterocycles. The summed E-state index contributed by atoms with van der Waals surface area (Å²) < 4.78 is 2.40. The Balaban J connectivity index is 0.000000820. The molecule has 1 saturated carbocycles. The van der Waals surface area contributed by atoms with Crippen molar-refractivity contribution in [2.45, 2.75) is 52.4 Å². The lowest BCUT2D eigenvalue weighted by Crippen LogP contribution is -2.08. The van der Waals surface area contributed by atoms with Gasteiger partial charge >= 0.3 is 0 Å². The lowest BCUT2D eigenvalue weighted by molar-refractivity contribution is -0.114. The van der Waals surface area contributed by atoms with Crippen molar-refractivity contribution in [3.63, 3.8) is 0 Å². The van der Waals surface area contributed by atoms with Crippen LogP contribution >= 0.6 is 0 Å². The zero-order chi connectivity index (χ0) is 16.4. The second-order valence-corrected chi connectivity index (χ2v) is 6.60. The first-order valence-corrected chi connectivity index (χ1v) is 8.52. The van der Waals surface area contributed by atoms with Gasteiger partial charge in [-0.05, 0) is 50.8 Å². The highest BCUT2D eigenvalue weighted by atomic mass is 16.1. The summed E-state index contributed by atoms with van der Waals surface area (Å²) in [7, 11) is 0. The van der Waals surface area contributed by atoms with E-state index in [1.807, 2.05) is 12.4 Å². The molecule has 3 aromatic heterocycles. The van der Waals surface area contributed by atoms with Crippen LogP contribution < -0.4 is 6.15 Å². The minimum Gasteiger partial charge on any atom is -0.345 e. The Bertz CT molecular complexity index is 823. The fraction of sp³-hybridized carbons (Fsp3) is 0.474. The van der Waals surface area contributed by atoms with Gasteiger partial charge in [-0.2, -0.15) is 0 Å². The number of ketones is 1. The van der Waals surface area contributed by atoms with E-state index in [2.05, 4.69) is 39.5 Å². The summed E-state index contributed by atoms with van der Waals surface area (Å²) in [6, 6.07) is 6.65. The third kappa shape index (κ3) is 3.36. The van der Waals surface area contributed by atoms with E-state index in [0.29, 0.717) is 5.92 Å². The smallest absolute Gasteiger partial charge is 0.154 e. The van der Waals surface area contributed by atoms with E-state index in [9.17, 15) is 4.79 Å². The van der Waals surface area contributed by atoms with Crippen LogP contribution in [0.15, 0.2) is 30.6 Å². The van der Waals surface area contributed by atoms with Gasteiger partial charge in [0.15, 0.2) is 5.65 Å². The number of nitrogens with zero attached hydrogens (tertiary/aromatic N) is 2. The normalized spacial score (nSPS) is 19.8. The molecule has 1 aliphatic carbocycles. The number of Topliss-reactive ketones (excluding diaryl/α,β-unsaturated/α-hetero) is 1. The highest BCUT2D eigenvalue weighted by molar-refractivity contribution is 5.76. The minimum absolute atomic E-state index is 0. The number of rotatable bonds is 2. The number of hydrogen-bond donors (Lipinski definition) is 2. The topological polar surface area (TPSA) is 85.2 Å². The molecule has 0 aromatic carbocycles. The Hall–Kier alpha value is -2.14. The van der Waals surface area contributed by atoms with Crippen molar-refractivity contribution in [2.75, 3.05) is 0 Å². The Kier molecular flexibility index (Phi) is 5.78. The number of aromatic nitrogens is 3. The lowest BCUT2D eigenvalue weighted by atomic mass is 9.91. The largest absolute Gasteiger partial charge is 0.345 e. The van der Waals surface area contributed by atoms with Gasteiger partial charge in [0.25, 0.3) is 0 Å². The first-order chi connectivity index (χ1) is 11.1. The van der Waals surface area contributed by atoms with E-state index < -0.39 is 0 Å². The Labute approximate surface area is 146 Å². The van der Waals surface area contributed by atoms with Crippen molar-refractivity contribution in [1.29, 1.82) is 0 Å². The Morgan fingerprint density at radius 2 is 2.08 bits per heavy atom. The summed E-state index contributed by atoms with van der Waals surface area (Å²) in [5.41, 5.74) is 4.88. The van der Waals surface area contributed by atoms with E-state index in [4.69, 9.17) is 0 Å². The number of aromatic amines is 1. The first kappa shape index (κ1) is 18.2. The Morgan fingerprint density at radius 3 is 2.79 bits per heavy atom. The van der Waals surface area contributed by atoms with E-state index in [-0.39, 0.29) is 14.8 Å². The third-order valence-electron chi connectivity index (χ3n) is 4.78. The summed E-state index contributed by atoms with van der Waals surface area (Å²) in [6.45, 7) is 5.38. The van der Waals surface area contributed by atoms with Crippen molar-refractivity contribution in [3.8, 4) is 0 Å². The van der Waals surface area contributed by atoms with Crippen LogP contribution in [-0.2, 0) is 4.79 Å². The maximum Gasteiger partial charge on any atom is 0.154 e. The van der Waals surface area contributed by atoms with Gasteiger partial charge in [-0.3, -0.25) is 0 Å². The predicted octanol–water partition coefficient (Wildman–Crippen LogP) is 5.36. The summed E-state index contributed by atoms with van der Waals surface area (Å²) >= 11 is 0. The molecule has 5 nitrogen and oxygen atoms in total. The molecule has 3 aromatic rings. The summed E-state index contributed by atoms with van der Waals surface area (Å²) in [4.78, 5) is 17.1. The van der Waals surface area contributed by atoms with Gasteiger partial charge in [0.2, 0.25) is 0 Å². The fourth-order valence-electron chi connectivity index (χ4n) is 3.82. The van der Waals surface area contributed by atoms with Gasteiger partial charge in [0.05, 0.1) is 17.2 Å². The molecule has 24 heavy (non-hydrogen) atoms. The van der Waals surface area contributed by atoms with Crippen LogP contribution in [-0.4, -0.2) is 20.2 Å². The summed E-state index contributed by atoms with van der Waals surface area (Å²) in [5, 5.41) is 0. The van der Waals surface area contributed by atoms with Crippen LogP contribution in [0.5, 0.6) is 0 Å². The SMILES string of the molecule is CC(C)=O.CC[C@@H]1CCC[C@@H]1c1ccc2cnc3[nH]ccc3n12.N.[HH].[HH]. The zero-order valence-corrected chi connectivity index (χ0v) is 14.9. The van der Waals surface area contributed by atoms with Crippen molar-refractivity contribution in [2.24, 2.45) is 5.92 Å². The van der Waals surface area contributed by atoms with Crippen molar-refractivity contribution in [3.05, 3.63) is 36.3 Å². The summed E-state index contributed by atoms with van der Waals surface area (Å²) in [6.07, 6.45) is 9.33. The molecule has 0 unspecified atom stereocenters. The lowest BCUT2D eigenvalue weighted by Gasteiger charge is -2.18. The number of fused-ring (bicyclic) bond motifs is 3. The average Bonchev–Trinajstić information content (AvgIpc) is 3.23. The quantitative estimate of drug-likeness (QED) is 0.662. The molecule has 1 aliphatic rings. The van der Waals surface area contributed by atoms with Gasteiger partial charge in [0, 0.05) is 20.7 Å². The maximum absolute atomic E-state index is 9.44. The molecule has 0 saturated heterocycles. The molecule has 0 spiro atoms. The second kappa shape index (κ2) is 7.62. The third-order valence-corrected chi connectivity index (χ3v) is 4.78. The number of nitrogens with one attached hydrogen (secondary N) is 1. The minimum atomic E-state index is 0. The molecule has 1 fully saturated rings. The van der Waals surface area contributed by atoms with Crippen molar-refractivity contribution >= 4 is 22.5 Å². The second-order valence-electron chi connectivity index (χ2n) is 6.60. The van der Waals surface area contributed by atoms with Gasteiger partial charge in [0.1, 0.15) is 5.78 Å². The molecule has 0 bridgehead atoms. The molecule has 0 aliphatic heterocycles. The van der Waals surface area contributed by atoms with Crippen LogP contribution in [0.2, 0.25) is 0 Å². The van der Waals surface area contributed by atoms with Crippen LogP contribution in [0.3, 0.4) is 0 Å². The van der Waals surface area contributed by atoms with E-state index in [1.165, 1.54) is 56.3 Å². The molecule has 5 heteroatoms. The molecule has 134 valence electrons. The maximum atomic E-state index is 9.44. The number of hydrogen-bond acceptors (Lipinski definition) is 3. The molecule has 2 atom stereocenters. The monoisotopic (exact) mass is 332 g/mol. The first-order valence-electron chi connectivity index (χ1n) is 8.52. The van der Waals surface area contributed by atoms with E-state index >= 15 is 0 Å². The molecule has 0 radical (unpaired) electrons. The van der Waals surface area contributed by atoms with Crippen LogP contribution in [0.1, 0.15) is 60.9 Å². The van der Waals surface area contributed by atoms with Crippen LogP contribution in [0.4, 0.5) is 0 Å². The van der Waals surface area contributed by atoms with Gasteiger partial charge in [-0.25, -0.2) is 4.98 Å². The number of carbonyl (C=O) groups excluding carboxylic acids is 1. The molecule has 4 N–H and O–H groups in total. The number of carbonyl (C=O) groups is 1. The predicted molar refractivity (Wildman–Crippen MR) is 103 cm³/mol. The molecule has 4 rings (SSSR count). The summed E-state index contributed by atoms with van der Waals surface area (Å²) in [5.74, 6) is 1.73. The zero-order valence-electron chi connectivity index (χ0n) is 14.9. The highest BCUT2D eigenvalue weighted by Crippen LogP contribution is 2.42. The van der Waals surface area contributed by atoms with Crippen LogP contribution in [0, 0.1) is 5.92 Å². The van der Waals surface area contributed by atoms with Crippen molar-refractivity contribution < 1.29 is 7.65 Å². The van der Waals surface area contributed by atoms with Crippen LogP contribution in [0.25, 0.3) is 16.7 Å². The standard InChI is InChI=1S/C16H19N3.C3H6O.H3N.2H2/c1-2-11-4-3-5-13(11)14-7-6-12-10-18-16-15(19(12)14)8-9-17-16;1-3(2)4;;;/h6-11,13,17H,2-5H2,1H3;1-2H3;1H3;2*1H/t11-,13+;;;;/m1..../s1. The van der Waals surface area contributed by atoms with E-state index in [1.54, 1.807) is 0 Å². The average molecular weight is 332 g/mol. The van der Waals surface area contributed by atoms with E-state index in [0.717, 1.165) is 11.6 Å². The molecular formula is C19H32N4O.